The highest BCUT2D eigenvalue weighted by Crippen LogP contribution is 2.56. The molecule has 3 nitrogen and oxygen atoms in total. The average Bonchev–Trinajstić information content (AvgIpc) is 2.60. The SMILES string of the molecule is C=C1C(=O)OC2C1CC[C@@]1(C)C(O)CC=C(C)[C@H]21. The molecule has 2 fully saturated rings. The van der Waals surface area contributed by atoms with E-state index in [1.165, 1.54) is 5.57 Å². The van der Waals surface area contributed by atoms with E-state index in [0.29, 0.717) is 12.0 Å². The molecule has 0 amide bonds. The fraction of sp³-hybridized carbons (Fsp3) is 0.667. The third-order valence-electron chi connectivity index (χ3n) is 5.30. The minimum absolute atomic E-state index is 0.116. The van der Waals surface area contributed by atoms with Gasteiger partial charge in [0.05, 0.1) is 6.10 Å². The molecule has 0 spiro atoms. The molecule has 0 aromatic heterocycles. The summed E-state index contributed by atoms with van der Waals surface area (Å²) in [6, 6.07) is 0. The van der Waals surface area contributed by atoms with E-state index in [2.05, 4.69) is 26.5 Å². The van der Waals surface area contributed by atoms with E-state index in [4.69, 9.17) is 4.74 Å². The van der Waals surface area contributed by atoms with E-state index < -0.39 is 0 Å². The number of rotatable bonds is 0. The van der Waals surface area contributed by atoms with Crippen LogP contribution in [-0.2, 0) is 9.53 Å². The summed E-state index contributed by atoms with van der Waals surface area (Å²) in [5, 5.41) is 10.3. The summed E-state index contributed by atoms with van der Waals surface area (Å²) in [6.07, 6.45) is 4.18. The van der Waals surface area contributed by atoms with Crippen molar-refractivity contribution in [3.8, 4) is 0 Å². The quantitative estimate of drug-likeness (QED) is 0.406. The first-order chi connectivity index (χ1) is 8.45. The summed E-state index contributed by atoms with van der Waals surface area (Å²) >= 11 is 0. The molecule has 1 aliphatic heterocycles. The first-order valence-electron chi connectivity index (χ1n) is 6.69. The van der Waals surface area contributed by atoms with E-state index in [1.807, 2.05) is 0 Å². The average molecular weight is 248 g/mol. The molecule has 1 N–H and O–H groups in total. The third kappa shape index (κ3) is 1.37. The van der Waals surface area contributed by atoms with Crippen LogP contribution in [0.1, 0.15) is 33.1 Å². The van der Waals surface area contributed by atoms with Gasteiger partial charge in [0.1, 0.15) is 6.10 Å². The molecule has 18 heavy (non-hydrogen) atoms. The van der Waals surface area contributed by atoms with Gasteiger partial charge in [-0.3, -0.25) is 0 Å². The molecule has 1 saturated carbocycles. The van der Waals surface area contributed by atoms with Crippen molar-refractivity contribution in [2.45, 2.75) is 45.3 Å². The van der Waals surface area contributed by atoms with Crippen LogP contribution < -0.4 is 0 Å². The van der Waals surface area contributed by atoms with E-state index >= 15 is 0 Å². The minimum atomic E-state index is -0.334. The van der Waals surface area contributed by atoms with Crippen LogP contribution in [0.5, 0.6) is 0 Å². The fourth-order valence-corrected chi connectivity index (χ4v) is 4.11. The molecular formula is C15H20O3. The summed E-state index contributed by atoms with van der Waals surface area (Å²) in [6.45, 7) is 8.09. The monoisotopic (exact) mass is 248 g/mol. The zero-order chi connectivity index (χ0) is 13.1. The lowest BCUT2D eigenvalue weighted by atomic mass is 9.55. The van der Waals surface area contributed by atoms with Gasteiger partial charge in [-0.25, -0.2) is 4.79 Å². The molecule has 5 atom stereocenters. The van der Waals surface area contributed by atoms with Crippen molar-refractivity contribution in [1.82, 2.24) is 0 Å². The number of aliphatic hydroxyl groups is 1. The fourth-order valence-electron chi connectivity index (χ4n) is 4.11. The molecule has 0 radical (unpaired) electrons. The Balaban J connectivity index is 2.03. The van der Waals surface area contributed by atoms with Gasteiger partial charge in [-0.05, 0) is 26.2 Å². The summed E-state index contributed by atoms with van der Waals surface area (Å²) in [4.78, 5) is 11.7. The van der Waals surface area contributed by atoms with Gasteiger partial charge in [0.25, 0.3) is 0 Å². The molecule has 0 bridgehead atoms. The standard InChI is InChI=1S/C15H20O3/c1-8-4-5-11(16)15(3)7-6-10-9(2)14(17)18-13(10)12(8)15/h4,10-13,16H,2,5-7H2,1,3H3/t10?,11?,12-,13?,15+/m1/s1. The molecule has 3 heteroatoms. The van der Waals surface area contributed by atoms with Crippen molar-refractivity contribution < 1.29 is 14.6 Å². The second kappa shape index (κ2) is 3.70. The molecule has 0 aromatic carbocycles. The molecule has 98 valence electrons. The van der Waals surface area contributed by atoms with Crippen LogP contribution in [0.4, 0.5) is 0 Å². The maximum absolute atomic E-state index is 11.7. The smallest absolute Gasteiger partial charge is 0.334 e. The van der Waals surface area contributed by atoms with Crippen LogP contribution >= 0.6 is 0 Å². The van der Waals surface area contributed by atoms with Crippen LogP contribution in [-0.4, -0.2) is 23.3 Å². The minimum Gasteiger partial charge on any atom is -0.458 e. The van der Waals surface area contributed by atoms with E-state index in [9.17, 15) is 9.90 Å². The lowest BCUT2D eigenvalue weighted by Gasteiger charge is -2.51. The highest BCUT2D eigenvalue weighted by atomic mass is 16.6. The van der Waals surface area contributed by atoms with Crippen LogP contribution in [0.15, 0.2) is 23.8 Å². The predicted octanol–water partition coefficient (Wildman–Crippen LogP) is 2.21. The summed E-state index contributed by atoms with van der Waals surface area (Å²) in [5.41, 5.74) is 1.71. The maximum Gasteiger partial charge on any atom is 0.334 e. The Morgan fingerprint density at radius 1 is 1.56 bits per heavy atom. The number of esters is 1. The van der Waals surface area contributed by atoms with Crippen LogP contribution in [0, 0.1) is 17.3 Å². The molecule has 3 unspecified atom stereocenters. The van der Waals surface area contributed by atoms with E-state index in [0.717, 1.165) is 12.8 Å². The molecule has 1 heterocycles. The molecule has 3 rings (SSSR count). The Labute approximate surface area is 108 Å². The highest BCUT2D eigenvalue weighted by Gasteiger charge is 2.57. The number of fused-ring (bicyclic) bond motifs is 3. The Bertz CT molecular complexity index is 451. The second-order valence-corrected chi connectivity index (χ2v) is 6.22. The van der Waals surface area contributed by atoms with E-state index in [1.54, 1.807) is 0 Å². The van der Waals surface area contributed by atoms with Gasteiger partial charge in [0.15, 0.2) is 0 Å². The van der Waals surface area contributed by atoms with Crippen molar-refractivity contribution in [3.05, 3.63) is 23.8 Å². The summed E-state index contributed by atoms with van der Waals surface area (Å²) in [7, 11) is 0. The Morgan fingerprint density at radius 2 is 2.28 bits per heavy atom. The number of ether oxygens (including phenoxy) is 1. The first-order valence-corrected chi connectivity index (χ1v) is 6.69. The molecule has 2 aliphatic carbocycles. The molecule has 0 aromatic rings. The van der Waals surface area contributed by atoms with Gasteiger partial charge >= 0.3 is 5.97 Å². The Morgan fingerprint density at radius 3 is 3.00 bits per heavy atom. The number of hydrogen-bond acceptors (Lipinski definition) is 3. The molecule has 3 aliphatic rings. The number of carbonyl (C=O) groups is 1. The Kier molecular flexibility index (Phi) is 2.46. The van der Waals surface area contributed by atoms with Crippen molar-refractivity contribution >= 4 is 5.97 Å². The highest BCUT2D eigenvalue weighted by molar-refractivity contribution is 5.91. The van der Waals surface area contributed by atoms with Gasteiger partial charge in [-0.15, -0.1) is 0 Å². The topological polar surface area (TPSA) is 46.5 Å². The van der Waals surface area contributed by atoms with Gasteiger partial charge in [-0.1, -0.05) is 25.2 Å². The van der Waals surface area contributed by atoms with Crippen molar-refractivity contribution in [2.75, 3.05) is 0 Å². The lowest BCUT2D eigenvalue weighted by molar-refractivity contribution is -0.149. The third-order valence-corrected chi connectivity index (χ3v) is 5.30. The van der Waals surface area contributed by atoms with Gasteiger partial charge in [0.2, 0.25) is 0 Å². The molecule has 1 saturated heterocycles. The predicted molar refractivity (Wildman–Crippen MR) is 67.7 cm³/mol. The van der Waals surface area contributed by atoms with Gasteiger partial charge in [0, 0.05) is 22.8 Å². The zero-order valence-electron chi connectivity index (χ0n) is 11.0. The summed E-state index contributed by atoms with van der Waals surface area (Å²) < 4.78 is 5.54. The number of carbonyl (C=O) groups excluding carboxylic acids is 1. The maximum atomic E-state index is 11.7. The zero-order valence-corrected chi connectivity index (χ0v) is 11.0. The second-order valence-electron chi connectivity index (χ2n) is 6.22. The lowest BCUT2D eigenvalue weighted by Crippen LogP contribution is -2.52. The van der Waals surface area contributed by atoms with E-state index in [-0.39, 0.29) is 35.4 Å². The van der Waals surface area contributed by atoms with Crippen molar-refractivity contribution in [1.29, 1.82) is 0 Å². The normalized spacial score (nSPS) is 47.2. The van der Waals surface area contributed by atoms with Crippen LogP contribution in [0.25, 0.3) is 0 Å². The molecular weight excluding hydrogens is 228 g/mol. The van der Waals surface area contributed by atoms with Crippen molar-refractivity contribution in [2.24, 2.45) is 17.3 Å². The number of hydrogen-bond donors (Lipinski definition) is 1. The van der Waals surface area contributed by atoms with Crippen LogP contribution in [0.2, 0.25) is 0 Å². The van der Waals surface area contributed by atoms with Gasteiger partial charge < -0.3 is 9.84 Å². The van der Waals surface area contributed by atoms with Crippen molar-refractivity contribution in [3.63, 3.8) is 0 Å². The summed E-state index contributed by atoms with van der Waals surface area (Å²) in [5.74, 6) is 0.0366. The first kappa shape index (κ1) is 12.0. The number of aliphatic hydroxyl groups excluding tert-OH is 1. The van der Waals surface area contributed by atoms with Crippen LogP contribution in [0.3, 0.4) is 0 Å². The largest absolute Gasteiger partial charge is 0.458 e. The Hall–Kier alpha value is -1.09. The van der Waals surface area contributed by atoms with Gasteiger partial charge in [-0.2, -0.15) is 0 Å².